The fourth-order valence-corrected chi connectivity index (χ4v) is 4.17. The third kappa shape index (κ3) is 8.90. The third-order valence-electron chi connectivity index (χ3n) is 6.05. The molecule has 6 N–H and O–H groups in total. The number of amides is 1. The van der Waals surface area contributed by atoms with Gasteiger partial charge in [0.25, 0.3) is 0 Å². The highest BCUT2D eigenvalue weighted by Crippen LogP contribution is 2.38. The van der Waals surface area contributed by atoms with Crippen molar-refractivity contribution in [1.29, 1.82) is 0 Å². The zero-order valence-corrected chi connectivity index (χ0v) is 21.6. The molecule has 7 nitrogen and oxygen atoms in total. The number of rotatable bonds is 15. The van der Waals surface area contributed by atoms with Crippen LogP contribution in [0.2, 0.25) is 0 Å². The molecule has 0 aliphatic rings. The average Bonchev–Trinajstić information content (AvgIpc) is 3.30. The Morgan fingerprint density at radius 2 is 1.92 bits per heavy atom. The Hall–Kier alpha value is -2.43. The maximum atomic E-state index is 14.4. The van der Waals surface area contributed by atoms with Crippen molar-refractivity contribution in [2.24, 2.45) is 16.9 Å². The fraction of sp³-hybridized carbons (Fsp3) is 0.615. The SMILES string of the molecule is CC(C)(C)[C@H](c1ncc(-c2cc(F)ccc2F)[nH]1)N(CC[C@H](N)CF)C(=O)CNCCCCCCN. The molecule has 0 radical (unpaired) electrons. The van der Waals surface area contributed by atoms with Crippen molar-refractivity contribution in [2.45, 2.75) is 65.0 Å². The summed E-state index contributed by atoms with van der Waals surface area (Å²) in [5.74, 6) is -0.889. The summed E-state index contributed by atoms with van der Waals surface area (Å²) in [6, 6.07) is 1.98. The number of halogens is 3. The molecule has 0 fully saturated rings. The van der Waals surface area contributed by atoms with Gasteiger partial charge in [0.15, 0.2) is 0 Å². The van der Waals surface area contributed by atoms with Crippen LogP contribution in [0.5, 0.6) is 0 Å². The number of alkyl halides is 1. The predicted molar refractivity (Wildman–Crippen MR) is 137 cm³/mol. The second-order valence-electron chi connectivity index (χ2n) is 10.2. The van der Waals surface area contributed by atoms with Gasteiger partial charge >= 0.3 is 0 Å². The third-order valence-corrected chi connectivity index (χ3v) is 6.05. The first kappa shape index (κ1) is 29.8. The first-order valence-corrected chi connectivity index (χ1v) is 12.6. The van der Waals surface area contributed by atoms with Crippen LogP contribution < -0.4 is 16.8 Å². The van der Waals surface area contributed by atoms with Crippen molar-refractivity contribution in [1.82, 2.24) is 20.2 Å². The maximum Gasteiger partial charge on any atom is 0.237 e. The first-order valence-electron chi connectivity index (χ1n) is 12.6. The van der Waals surface area contributed by atoms with Gasteiger partial charge in [-0.3, -0.25) is 4.79 Å². The number of benzene rings is 1. The molecule has 0 aliphatic heterocycles. The molecule has 0 aliphatic carbocycles. The number of aromatic amines is 1. The molecule has 1 amide bonds. The Balaban J connectivity index is 2.26. The molecule has 202 valence electrons. The van der Waals surface area contributed by atoms with Crippen LogP contribution >= 0.6 is 0 Å². The van der Waals surface area contributed by atoms with Crippen molar-refractivity contribution in [3.63, 3.8) is 0 Å². The molecule has 2 aromatic rings. The number of hydrogen-bond acceptors (Lipinski definition) is 5. The molecule has 0 saturated carbocycles. The summed E-state index contributed by atoms with van der Waals surface area (Å²) < 4.78 is 41.2. The first-order chi connectivity index (χ1) is 17.1. The van der Waals surface area contributed by atoms with E-state index >= 15 is 0 Å². The van der Waals surface area contributed by atoms with Crippen molar-refractivity contribution >= 4 is 5.91 Å². The molecule has 0 unspecified atom stereocenters. The standard InChI is InChI=1S/C26H41F3N6O/c1-26(2,3)24(25-33-16-22(34-25)20-14-18(28)8-9-21(20)29)35(13-10-19(31)15-27)23(36)17-32-12-7-5-4-6-11-30/h8-9,14,16,19,24,32H,4-7,10-13,15,17,30-31H2,1-3H3,(H,33,34)/t19-,24-/m0/s1. The number of nitrogens with two attached hydrogens (primary N) is 2. The van der Waals surface area contributed by atoms with Gasteiger partial charge in [-0.2, -0.15) is 0 Å². The molecule has 1 aromatic carbocycles. The van der Waals surface area contributed by atoms with E-state index in [4.69, 9.17) is 11.5 Å². The molecule has 1 heterocycles. The average molecular weight is 511 g/mol. The molecular formula is C26H41F3N6O. The number of nitrogens with one attached hydrogen (secondary N) is 2. The molecule has 0 spiro atoms. The lowest BCUT2D eigenvalue weighted by molar-refractivity contribution is -0.135. The minimum absolute atomic E-state index is 0.0510. The quantitative estimate of drug-likeness (QED) is 0.270. The van der Waals surface area contributed by atoms with Crippen LogP contribution in [-0.4, -0.2) is 59.7 Å². The predicted octanol–water partition coefficient (Wildman–Crippen LogP) is 4.07. The largest absolute Gasteiger partial charge is 0.340 e. The topological polar surface area (TPSA) is 113 Å². The van der Waals surface area contributed by atoms with E-state index in [0.717, 1.165) is 43.9 Å². The van der Waals surface area contributed by atoms with Crippen molar-refractivity contribution in [3.8, 4) is 11.3 Å². The van der Waals surface area contributed by atoms with E-state index in [1.165, 1.54) is 6.20 Å². The lowest BCUT2D eigenvalue weighted by Crippen LogP contribution is -2.47. The van der Waals surface area contributed by atoms with Gasteiger partial charge in [-0.15, -0.1) is 0 Å². The Bertz CT molecular complexity index is 946. The van der Waals surface area contributed by atoms with E-state index in [1.807, 2.05) is 20.8 Å². The Morgan fingerprint density at radius 3 is 2.58 bits per heavy atom. The lowest BCUT2D eigenvalue weighted by atomic mass is 9.84. The molecule has 0 bridgehead atoms. The van der Waals surface area contributed by atoms with Gasteiger partial charge in [-0.05, 0) is 56.0 Å². The Labute approximate surface area is 212 Å². The second kappa shape index (κ2) is 14.3. The van der Waals surface area contributed by atoms with Crippen LogP contribution in [0, 0.1) is 17.0 Å². The molecule has 1 aromatic heterocycles. The van der Waals surface area contributed by atoms with Crippen LogP contribution in [0.3, 0.4) is 0 Å². The zero-order valence-electron chi connectivity index (χ0n) is 21.6. The molecule has 10 heteroatoms. The van der Waals surface area contributed by atoms with Crippen LogP contribution in [0.25, 0.3) is 11.3 Å². The molecule has 2 atom stereocenters. The van der Waals surface area contributed by atoms with Gasteiger partial charge in [0, 0.05) is 18.2 Å². The van der Waals surface area contributed by atoms with Crippen LogP contribution in [0.15, 0.2) is 24.4 Å². The number of carbonyl (C=O) groups excluding carboxylic acids is 1. The molecule has 2 rings (SSSR count). The van der Waals surface area contributed by atoms with Gasteiger partial charge in [-0.1, -0.05) is 33.6 Å². The van der Waals surface area contributed by atoms with Gasteiger partial charge in [0.2, 0.25) is 5.91 Å². The summed E-state index contributed by atoms with van der Waals surface area (Å²) in [5, 5.41) is 3.20. The molecule has 36 heavy (non-hydrogen) atoms. The number of aromatic nitrogens is 2. The van der Waals surface area contributed by atoms with Crippen LogP contribution in [0.4, 0.5) is 13.2 Å². The number of nitrogens with zero attached hydrogens (tertiary/aromatic N) is 2. The normalized spacial score (nSPS) is 13.6. The van der Waals surface area contributed by atoms with E-state index in [2.05, 4.69) is 15.3 Å². The summed E-state index contributed by atoms with van der Waals surface area (Å²) in [4.78, 5) is 22.6. The maximum absolute atomic E-state index is 14.4. The van der Waals surface area contributed by atoms with E-state index in [1.54, 1.807) is 4.90 Å². The highest BCUT2D eigenvalue weighted by atomic mass is 19.1. The number of H-pyrrole nitrogens is 1. The van der Waals surface area contributed by atoms with E-state index in [-0.39, 0.29) is 31.0 Å². The van der Waals surface area contributed by atoms with Gasteiger partial charge < -0.3 is 26.7 Å². The van der Waals surface area contributed by atoms with Crippen molar-refractivity contribution < 1.29 is 18.0 Å². The highest BCUT2D eigenvalue weighted by molar-refractivity contribution is 5.79. The smallest absolute Gasteiger partial charge is 0.237 e. The summed E-state index contributed by atoms with van der Waals surface area (Å²) in [7, 11) is 0. The number of carbonyl (C=O) groups is 1. The summed E-state index contributed by atoms with van der Waals surface area (Å²) in [6.45, 7) is 6.91. The Morgan fingerprint density at radius 1 is 1.19 bits per heavy atom. The number of imidazole rings is 1. The van der Waals surface area contributed by atoms with E-state index < -0.39 is 35.8 Å². The highest BCUT2D eigenvalue weighted by Gasteiger charge is 2.37. The minimum Gasteiger partial charge on any atom is -0.340 e. The van der Waals surface area contributed by atoms with E-state index in [9.17, 15) is 18.0 Å². The van der Waals surface area contributed by atoms with Gasteiger partial charge in [0.05, 0.1) is 24.5 Å². The minimum atomic E-state index is -0.690. The number of hydrogen-bond donors (Lipinski definition) is 4. The van der Waals surface area contributed by atoms with Crippen molar-refractivity contribution in [2.75, 3.05) is 32.9 Å². The monoisotopic (exact) mass is 510 g/mol. The number of unbranched alkanes of at least 4 members (excludes halogenated alkanes) is 3. The van der Waals surface area contributed by atoms with E-state index in [0.29, 0.717) is 24.6 Å². The lowest BCUT2D eigenvalue weighted by Gasteiger charge is -2.39. The van der Waals surface area contributed by atoms with Crippen LogP contribution in [-0.2, 0) is 4.79 Å². The summed E-state index contributed by atoms with van der Waals surface area (Å²) in [5.41, 5.74) is 11.2. The fourth-order valence-electron chi connectivity index (χ4n) is 4.17. The molecular weight excluding hydrogens is 469 g/mol. The zero-order chi connectivity index (χ0) is 26.7. The molecule has 0 saturated heterocycles. The van der Waals surface area contributed by atoms with Gasteiger partial charge in [0.1, 0.15) is 24.1 Å². The summed E-state index contributed by atoms with van der Waals surface area (Å²) in [6.07, 6.45) is 5.71. The van der Waals surface area contributed by atoms with Crippen molar-refractivity contribution in [3.05, 3.63) is 41.9 Å². The van der Waals surface area contributed by atoms with Gasteiger partial charge in [-0.25, -0.2) is 18.2 Å². The summed E-state index contributed by atoms with van der Waals surface area (Å²) >= 11 is 0. The van der Waals surface area contributed by atoms with Crippen LogP contribution in [0.1, 0.15) is 64.7 Å². The second-order valence-corrected chi connectivity index (χ2v) is 10.2. The Kier molecular flexibility index (Phi) is 11.9.